The Hall–Kier alpha value is -3.09. The van der Waals surface area contributed by atoms with Gasteiger partial charge in [-0.05, 0) is 16.0 Å². The molecular formula is C14H12N6O. The van der Waals surface area contributed by atoms with E-state index in [2.05, 4.69) is 20.8 Å². The Balaban J connectivity index is 1.92. The highest BCUT2D eigenvalue weighted by molar-refractivity contribution is 5.54. The maximum Gasteiger partial charge on any atom is 0.206 e. The van der Waals surface area contributed by atoms with Gasteiger partial charge in [-0.1, -0.05) is 60.7 Å². The van der Waals surface area contributed by atoms with Gasteiger partial charge in [0, 0.05) is 5.56 Å². The fraction of sp³-hybridized carbons (Fsp3) is 0.0714. The molecule has 0 aliphatic carbocycles. The Labute approximate surface area is 120 Å². The number of tetrazole rings is 1. The first kappa shape index (κ1) is 12.9. The van der Waals surface area contributed by atoms with Gasteiger partial charge in [-0.3, -0.25) is 0 Å². The highest BCUT2D eigenvalue weighted by atomic mass is 16.3. The van der Waals surface area contributed by atoms with Crippen LogP contribution in [-0.4, -0.2) is 20.3 Å². The zero-order chi connectivity index (χ0) is 14.5. The summed E-state index contributed by atoms with van der Waals surface area (Å²) in [5.41, 5.74) is 1.75. The maximum absolute atomic E-state index is 11.2. The van der Waals surface area contributed by atoms with Gasteiger partial charge in [-0.2, -0.15) is 0 Å². The molecule has 0 fully saturated rings. The van der Waals surface area contributed by atoms with Crippen LogP contribution in [0.25, 0.3) is 11.4 Å². The molecule has 7 heteroatoms. The molecule has 0 atom stereocenters. The van der Waals surface area contributed by atoms with Crippen molar-refractivity contribution in [3.63, 3.8) is 0 Å². The summed E-state index contributed by atoms with van der Waals surface area (Å²) in [7, 11) is 0. The lowest BCUT2D eigenvalue weighted by Gasteiger charge is -2.15. The summed E-state index contributed by atoms with van der Waals surface area (Å²) < 4.78 is 0. The zero-order valence-electron chi connectivity index (χ0n) is 11.1. The average Bonchev–Trinajstić information content (AvgIpc) is 3.04. The van der Waals surface area contributed by atoms with Crippen molar-refractivity contribution in [1.82, 2.24) is 20.3 Å². The summed E-state index contributed by atoms with van der Waals surface area (Å²) in [6.07, 6.45) is 0. The van der Waals surface area contributed by atoms with Gasteiger partial charge in [0.25, 0.3) is 0 Å². The van der Waals surface area contributed by atoms with Gasteiger partial charge in [0.2, 0.25) is 5.82 Å². The van der Waals surface area contributed by atoms with Crippen LogP contribution in [0.3, 0.4) is 0 Å². The van der Waals surface area contributed by atoms with Gasteiger partial charge in [0.15, 0.2) is 0 Å². The van der Waals surface area contributed by atoms with Crippen molar-refractivity contribution in [2.75, 3.05) is 5.12 Å². The van der Waals surface area contributed by atoms with E-state index in [1.807, 2.05) is 60.7 Å². The Kier molecular flexibility index (Phi) is 3.64. The molecule has 3 aromatic rings. The minimum absolute atomic E-state index is 0.287. The van der Waals surface area contributed by atoms with Gasteiger partial charge >= 0.3 is 0 Å². The highest BCUT2D eigenvalue weighted by Gasteiger charge is 2.16. The van der Waals surface area contributed by atoms with E-state index in [0.717, 1.165) is 11.1 Å². The lowest BCUT2D eigenvalue weighted by molar-refractivity contribution is 0.527. The normalized spacial score (nSPS) is 10.3. The number of nitroso groups, excluding NO2 is 1. The molecule has 3 rings (SSSR count). The van der Waals surface area contributed by atoms with Crippen LogP contribution in [0.1, 0.15) is 5.56 Å². The number of rotatable bonds is 5. The first-order valence-electron chi connectivity index (χ1n) is 6.37. The Morgan fingerprint density at radius 3 is 2.33 bits per heavy atom. The van der Waals surface area contributed by atoms with Gasteiger partial charge in [-0.15, -0.1) is 19.9 Å². The molecule has 1 heterocycles. The maximum atomic E-state index is 11.2. The quantitative estimate of drug-likeness (QED) is 0.528. The summed E-state index contributed by atoms with van der Waals surface area (Å²) in [4.78, 5) is 12.5. The van der Waals surface area contributed by atoms with Gasteiger partial charge in [0.05, 0.1) is 11.8 Å². The topological polar surface area (TPSA) is 76.3 Å². The minimum atomic E-state index is 0.287. The van der Waals surface area contributed by atoms with Crippen molar-refractivity contribution >= 4 is 0 Å². The van der Waals surface area contributed by atoms with E-state index in [-0.39, 0.29) is 6.54 Å². The van der Waals surface area contributed by atoms with Crippen LogP contribution < -0.4 is 5.12 Å². The molecule has 0 spiro atoms. The molecule has 0 N–H and O–H groups in total. The van der Waals surface area contributed by atoms with E-state index in [0.29, 0.717) is 5.82 Å². The molecular weight excluding hydrogens is 268 g/mol. The van der Waals surface area contributed by atoms with Crippen LogP contribution in [0.4, 0.5) is 0 Å². The molecule has 0 saturated carbocycles. The second kappa shape index (κ2) is 5.91. The number of aromatic nitrogens is 4. The third-order valence-electron chi connectivity index (χ3n) is 2.97. The molecule has 0 saturated heterocycles. The van der Waals surface area contributed by atoms with Crippen LogP contribution in [-0.2, 0) is 6.54 Å². The van der Waals surface area contributed by atoms with Crippen molar-refractivity contribution in [3.05, 3.63) is 71.1 Å². The van der Waals surface area contributed by atoms with Crippen LogP contribution in [0.2, 0.25) is 0 Å². The van der Waals surface area contributed by atoms with E-state index in [1.54, 1.807) is 0 Å². The molecule has 0 amide bonds. The highest BCUT2D eigenvalue weighted by Crippen LogP contribution is 2.16. The first-order valence-corrected chi connectivity index (χ1v) is 6.37. The summed E-state index contributed by atoms with van der Waals surface area (Å²) in [5, 5.41) is 15.6. The second-order valence-corrected chi connectivity index (χ2v) is 4.36. The van der Waals surface area contributed by atoms with Crippen molar-refractivity contribution in [1.29, 1.82) is 0 Å². The predicted molar refractivity (Wildman–Crippen MR) is 77.4 cm³/mol. The first-order chi connectivity index (χ1) is 10.4. The molecule has 21 heavy (non-hydrogen) atoms. The van der Waals surface area contributed by atoms with Crippen molar-refractivity contribution < 1.29 is 0 Å². The average molecular weight is 280 g/mol. The van der Waals surface area contributed by atoms with Crippen LogP contribution in [0.5, 0.6) is 0 Å². The smallest absolute Gasteiger partial charge is 0.140 e. The number of nitrogens with zero attached hydrogens (tertiary/aromatic N) is 6. The fourth-order valence-corrected chi connectivity index (χ4v) is 1.98. The van der Waals surface area contributed by atoms with Gasteiger partial charge < -0.3 is 0 Å². The van der Waals surface area contributed by atoms with Crippen LogP contribution in [0, 0.1) is 4.91 Å². The largest absolute Gasteiger partial charge is 0.206 e. The van der Waals surface area contributed by atoms with Gasteiger partial charge in [-0.25, -0.2) is 0 Å². The third kappa shape index (κ3) is 2.76. The molecule has 0 radical (unpaired) electrons. The van der Waals surface area contributed by atoms with E-state index < -0.39 is 0 Å². The second-order valence-electron chi connectivity index (χ2n) is 4.36. The van der Waals surface area contributed by atoms with Crippen LogP contribution in [0.15, 0.2) is 65.9 Å². The number of hydrogen-bond donors (Lipinski definition) is 0. The van der Waals surface area contributed by atoms with Crippen molar-refractivity contribution in [2.24, 2.45) is 5.29 Å². The number of benzene rings is 2. The molecule has 0 bridgehead atoms. The van der Waals surface area contributed by atoms with E-state index in [4.69, 9.17) is 0 Å². The lowest BCUT2D eigenvalue weighted by Crippen LogP contribution is -2.30. The van der Waals surface area contributed by atoms with Gasteiger partial charge in [0.1, 0.15) is 0 Å². The SMILES string of the molecule is O=NN(Cc1ccccc1)n1nnnc1-c1ccccc1. The van der Waals surface area contributed by atoms with E-state index in [1.165, 1.54) is 9.91 Å². The van der Waals surface area contributed by atoms with E-state index >= 15 is 0 Å². The molecule has 0 unspecified atom stereocenters. The standard InChI is InChI=1S/C14H12N6O/c21-18-19(11-12-7-3-1-4-8-12)20-14(15-16-17-20)13-9-5-2-6-10-13/h1-10H,11H2. The Morgan fingerprint density at radius 1 is 1.00 bits per heavy atom. The molecule has 7 nitrogen and oxygen atoms in total. The van der Waals surface area contributed by atoms with Crippen LogP contribution >= 0.6 is 0 Å². The Morgan fingerprint density at radius 2 is 1.67 bits per heavy atom. The summed E-state index contributed by atoms with van der Waals surface area (Å²) >= 11 is 0. The number of hydrogen-bond acceptors (Lipinski definition) is 5. The Bertz CT molecular complexity index is 713. The fourth-order valence-electron chi connectivity index (χ4n) is 1.98. The third-order valence-corrected chi connectivity index (χ3v) is 2.97. The summed E-state index contributed by atoms with van der Waals surface area (Å²) in [6.45, 7) is 0.287. The van der Waals surface area contributed by atoms with Crippen molar-refractivity contribution in [3.8, 4) is 11.4 Å². The van der Waals surface area contributed by atoms with E-state index in [9.17, 15) is 4.91 Å². The predicted octanol–water partition coefficient (Wildman–Crippen LogP) is 2.16. The molecule has 104 valence electrons. The van der Waals surface area contributed by atoms with Crippen molar-refractivity contribution in [2.45, 2.75) is 6.54 Å². The molecule has 0 aliphatic heterocycles. The zero-order valence-corrected chi connectivity index (χ0v) is 11.1. The lowest BCUT2D eigenvalue weighted by atomic mass is 10.2. The molecule has 1 aromatic heterocycles. The summed E-state index contributed by atoms with van der Waals surface area (Å²) in [5.74, 6) is 0.464. The monoisotopic (exact) mass is 280 g/mol. The molecule has 2 aromatic carbocycles. The molecule has 0 aliphatic rings. The summed E-state index contributed by atoms with van der Waals surface area (Å²) in [6, 6.07) is 18.9. The minimum Gasteiger partial charge on any atom is -0.140 e.